The van der Waals surface area contributed by atoms with Gasteiger partial charge in [0.2, 0.25) is 0 Å². The van der Waals surface area contributed by atoms with Crippen LogP contribution in [0.2, 0.25) is 10.0 Å². The van der Waals surface area contributed by atoms with E-state index in [1.807, 2.05) is 0 Å². The SMILES string of the molecule is Cc1nn(-c2c(Cl)cc(C(F)(F)F)cc2Cl)c(C)c1SC(F)(Cl)Cl. The Bertz CT molecular complexity index is 760. The summed E-state index contributed by atoms with van der Waals surface area (Å²) in [4.78, 5) is 0.328. The highest BCUT2D eigenvalue weighted by molar-refractivity contribution is 8.03. The molecule has 11 heteroatoms. The molecule has 24 heavy (non-hydrogen) atoms. The zero-order chi connectivity index (χ0) is 18.4. The maximum absolute atomic E-state index is 13.5. The largest absolute Gasteiger partial charge is 0.416 e. The maximum atomic E-state index is 13.5. The van der Waals surface area contributed by atoms with Crippen LogP contribution in [0, 0.1) is 13.8 Å². The maximum Gasteiger partial charge on any atom is 0.416 e. The van der Waals surface area contributed by atoms with E-state index in [4.69, 9.17) is 46.4 Å². The summed E-state index contributed by atoms with van der Waals surface area (Å²) in [6.45, 7) is 3.13. The van der Waals surface area contributed by atoms with Crippen molar-refractivity contribution in [3.05, 3.63) is 39.1 Å². The number of hydrogen-bond donors (Lipinski definition) is 0. The van der Waals surface area contributed by atoms with Crippen molar-refractivity contribution in [3.8, 4) is 5.69 Å². The summed E-state index contributed by atoms with van der Waals surface area (Å²) < 4.78 is 50.5. The predicted molar refractivity (Wildman–Crippen MR) is 89.5 cm³/mol. The van der Waals surface area contributed by atoms with Crippen molar-refractivity contribution in [2.45, 2.75) is 28.8 Å². The van der Waals surface area contributed by atoms with Crippen molar-refractivity contribution in [2.75, 3.05) is 0 Å². The first-order chi connectivity index (χ1) is 10.8. The summed E-state index contributed by atoms with van der Waals surface area (Å²) in [7, 11) is 0. The number of benzene rings is 1. The first kappa shape index (κ1) is 20.0. The first-order valence-electron chi connectivity index (χ1n) is 6.20. The Morgan fingerprint density at radius 1 is 1.04 bits per heavy atom. The van der Waals surface area contributed by atoms with Crippen molar-refractivity contribution in [3.63, 3.8) is 0 Å². The summed E-state index contributed by atoms with van der Waals surface area (Å²) in [5, 5.41) is 3.64. The number of alkyl halides is 6. The summed E-state index contributed by atoms with van der Waals surface area (Å²) in [6.07, 6.45) is -4.59. The summed E-state index contributed by atoms with van der Waals surface area (Å²) in [5.41, 5.74) is -0.189. The third kappa shape index (κ3) is 4.25. The van der Waals surface area contributed by atoms with Crippen LogP contribution in [0.4, 0.5) is 17.6 Å². The lowest BCUT2D eigenvalue weighted by molar-refractivity contribution is -0.137. The van der Waals surface area contributed by atoms with Gasteiger partial charge < -0.3 is 0 Å². The van der Waals surface area contributed by atoms with E-state index in [1.165, 1.54) is 4.68 Å². The molecule has 0 aliphatic rings. The van der Waals surface area contributed by atoms with Crippen LogP contribution in [0.3, 0.4) is 0 Å². The normalized spacial score (nSPS) is 12.8. The van der Waals surface area contributed by atoms with Gasteiger partial charge >= 0.3 is 10.1 Å². The monoisotopic (exact) mass is 440 g/mol. The van der Waals surface area contributed by atoms with Gasteiger partial charge in [0.25, 0.3) is 0 Å². The second-order valence-corrected chi connectivity index (χ2v) is 8.42. The van der Waals surface area contributed by atoms with E-state index in [9.17, 15) is 17.6 Å². The number of hydrogen-bond acceptors (Lipinski definition) is 2. The minimum atomic E-state index is -4.59. The fourth-order valence-corrected chi connectivity index (χ4v) is 3.81. The molecule has 2 aromatic rings. The van der Waals surface area contributed by atoms with E-state index in [2.05, 4.69) is 5.10 Å². The van der Waals surface area contributed by atoms with E-state index in [0.717, 1.165) is 12.1 Å². The van der Waals surface area contributed by atoms with Crippen LogP contribution in [0.25, 0.3) is 5.69 Å². The fourth-order valence-electron chi connectivity index (χ4n) is 2.04. The quantitative estimate of drug-likeness (QED) is 0.291. The molecule has 0 radical (unpaired) electrons. The molecule has 0 unspecified atom stereocenters. The van der Waals surface area contributed by atoms with Crippen LogP contribution >= 0.6 is 58.2 Å². The van der Waals surface area contributed by atoms with Crippen molar-refractivity contribution >= 4 is 58.2 Å². The minimum absolute atomic E-state index is 0.0485. The summed E-state index contributed by atoms with van der Waals surface area (Å²) in [5.74, 6) is 0. The van der Waals surface area contributed by atoms with E-state index < -0.39 is 15.7 Å². The molecule has 0 saturated heterocycles. The second kappa shape index (κ2) is 6.76. The predicted octanol–water partition coefficient (Wildman–Crippen LogP) is 6.97. The molecular formula is C13H8Cl4F4N2S. The zero-order valence-corrected chi connectivity index (χ0v) is 15.8. The molecule has 0 amide bonds. The van der Waals surface area contributed by atoms with Gasteiger partial charge in [0.15, 0.2) is 0 Å². The topological polar surface area (TPSA) is 17.8 Å². The highest BCUT2D eigenvalue weighted by atomic mass is 35.5. The Morgan fingerprint density at radius 2 is 1.54 bits per heavy atom. The number of rotatable bonds is 3. The van der Waals surface area contributed by atoms with Gasteiger partial charge in [0.1, 0.15) is 5.69 Å². The van der Waals surface area contributed by atoms with Crippen molar-refractivity contribution < 1.29 is 17.6 Å². The molecule has 0 N–H and O–H groups in total. The molecule has 132 valence electrons. The third-order valence-corrected chi connectivity index (χ3v) is 5.06. The molecule has 0 aliphatic heterocycles. The molecule has 0 saturated carbocycles. The smallest absolute Gasteiger partial charge is 0.234 e. The highest BCUT2D eigenvalue weighted by Gasteiger charge is 2.33. The Labute approximate surface area is 159 Å². The summed E-state index contributed by atoms with van der Waals surface area (Å²) in [6, 6.07) is 1.49. The number of aryl methyl sites for hydroxylation is 1. The van der Waals surface area contributed by atoms with Gasteiger partial charge in [-0.1, -0.05) is 46.4 Å². The Kier molecular flexibility index (Phi) is 5.63. The minimum Gasteiger partial charge on any atom is -0.234 e. The standard InChI is InChI=1S/C13H8Cl4F4N2S/c1-5-11(24-13(16,17)21)6(2)23(22-5)10-8(14)3-7(4-9(10)15)12(18,19)20/h3-4H,1-2H3. The number of nitrogens with zero attached hydrogens (tertiary/aromatic N) is 2. The van der Waals surface area contributed by atoms with E-state index in [0.29, 0.717) is 28.0 Å². The van der Waals surface area contributed by atoms with Gasteiger partial charge in [0, 0.05) is 0 Å². The number of aromatic nitrogens is 2. The molecule has 0 fully saturated rings. The Morgan fingerprint density at radius 3 is 1.96 bits per heavy atom. The van der Waals surface area contributed by atoms with Crippen molar-refractivity contribution in [2.24, 2.45) is 0 Å². The number of halogens is 8. The highest BCUT2D eigenvalue weighted by Crippen LogP contribution is 2.45. The van der Waals surface area contributed by atoms with E-state index >= 15 is 0 Å². The Hall–Kier alpha value is -0.340. The van der Waals surface area contributed by atoms with E-state index in [-0.39, 0.29) is 15.7 Å². The van der Waals surface area contributed by atoms with Gasteiger partial charge in [-0.05, 0) is 37.7 Å². The van der Waals surface area contributed by atoms with Gasteiger partial charge in [-0.25, -0.2) is 4.68 Å². The molecule has 1 aromatic carbocycles. The molecule has 1 aromatic heterocycles. The van der Waals surface area contributed by atoms with E-state index in [1.54, 1.807) is 13.8 Å². The molecule has 1 heterocycles. The van der Waals surface area contributed by atoms with Crippen LogP contribution in [0.1, 0.15) is 17.0 Å². The number of thioether (sulfide) groups is 1. The van der Waals surface area contributed by atoms with Crippen LogP contribution in [-0.4, -0.2) is 13.7 Å². The Balaban J connectivity index is 2.60. The van der Waals surface area contributed by atoms with Gasteiger partial charge in [-0.3, -0.25) is 0 Å². The average molecular weight is 442 g/mol. The second-order valence-electron chi connectivity index (χ2n) is 4.75. The molecule has 2 nitrogen and oxygen atoms in total. The lowest BCUT2D eigenvalue weighted by atomic mass is 10.2. The first-order valence-corrected chi connectivity index (χ1v) is 8.52. The van der Waals surface area contributed by atoms with Gasteiger partial charge in [0.05, 0.1) is 31.9 Å². The molecule has 2 rings (SSSR count). The van der Waals surface area contributed by atoms with Gasteiger partial charge in [-0.2, -0.15) is 22.7 Å². The van der Waals surface area contributed by atoms with Crippen LogP contribution in [0.5, 0.6) is 0 Å². The molecule has 0 aliphatic carbocycles. The van der Waals surface area contributed by atoms with Gasteiger partial charge in [-0.15, -0.1) is 0 Å². The lowest BCUT2D eigenvalue weighted by Crippen LogP contribution is -2.08. The van der Waals surface area contributed by atoms with Crippen molar-refractivity contribution in [1.82, 2.24) is 9.78 Å². The molecule has 0 atom stereocenters. The fraction of sp³-hybridized carbons (Fsp3) is 0.308. The molecule has 0 spiro atoms. The van der Waals surface area contributed by atoms with Crippen molar-refractivity contribution in [1.29, 1.82) is 0 Å². The summed E-state index contributed by atoms with van der Waals surface area (Å²) >= 11 is 23.1. The van der Waals surface area contributed by atoms with Crippen LogP contribution < -0.4 is 0 Å². The average Bonchev–Trinajstić information content (AvgIpc) is 2.63. The molecular weight excluding hydrogens is 434 g/mol. The zero-order valence-electron chi connectivity index (χ0n) is 12.0. The van der Waals surface area contributed by atoms with Crippen LogP contribution in [-0.2, 0) is 6.18 Å². The third-order valence-electron chi connectivity index (χ3n) is 3.00. The lowest BCUT2D eigenvalue weighted by Gasteiger charge is -2.14. The van der Waals surface area contributed by atoms with Crippen LogP contribution in [0.15, 0.2) is 17.0 Å². The molecule has 0 bridgehead atoms.